The third-order valence-electron chi connectivity index (χ3n) is 3.36. The van der Waals surface area contributed by atoms with Gasteiger partial charge in [-0.1, -0.05) is 37.0 Å². The number of benzene rings is 2. The summed E-state index contributed by atoms with van der Waals surface area (Å²) in [6, 6.07) is 10.2. The van der Waals surface area contributed by atoms with Crippen molar-refractivity contribution in [3.8, 4) is 11.8 Å². The number of carbonyl (C=O) groups excluding carboxylic acids is 1. The molecule has 2 rings (SSSR count). The van der Waals surface area contributed by atoms with E-state index in [-0.39, 0.29) is 15.6 Å². The van der Waals surface area contributed by atoms with Gasteiger partial charge in [-0.3, -0.25) is 4.79 Å². The predicted octanol–water partition coefficient (Wildman–Crippen LogP) is 5.71. The molecule has 0 atom stereocenters. The van der Waals surface area contributed by atoms with Crippen LogP contribution >= 0.6 is 23.2 Å². The number of anilines is 1. The Bertz CT molecular complexity index is 880. The summed E-state index contributed by atoms with van der Waals surface area (Å²) in [6.45, 7) is 4.45. The van der Waals surface area contributed by atoms with Crippen molar-refractivity contribution in [2.75, 3.05) is 11.9 Å². The van der Waals surface area contributed by atoms with Gasteiger partial charge in [-0.25, -0.2) is 4.39 Å². The van der Waals surface area contributed by atoms with Gasteiger partial charge in [0.15, 0.2) is 5.75 Å². The monoisotopic (exact) mass is 406 g/mol. The minimum absolute atomic E-state index is 0.151. The topological polar surface area (TPSA) is 62.1 Å². The molecule has 0 fully saturated rings. The highest BCUT2D eigenvalue weighted by molar-refractivity contribution is 6.37. The highest BCUT2D eigenvalue weighted by atomic mass is 35.5. The molecular weight excluding hydrogens is 390 g/mol. The lowest BCUT2D eigenvalue weighted by molar-refractivity contribution is -0.112. The molecule has 0 spiro atoms. The maximum atomic E-state index is 12.9. The Morgan fingerprint density at radius 2 is 1.85 bits per heavy atom. The van der Waals surface area contributed by atoms with Crippen LogP contribution in [0.2, 0.25) is 10.0 Å². The van der Waals surface area contributed by atoms with E-state index in [1.807, 2.05) is 19.9 Å². The number of hydrogen-bond acceptors (Lipinski definition) is 3. The fourth-order valence-electron chi connectivity index (χ4n) is 2.10. The zero-order valence-corrected chi connectivity index (χ0v) is 16.2. The van der Waals surface area contributed by atoms with Crippen molar-refractivity contribution < 1.29 is 13.9 Å². The first-order chi connectivity index (χ1) is 12.8. The fraction of sp³-hybridized carbons (Fsp3) is 0.200. The van der Waals surface area contributed by atoms with Crippen LogP contribution in [0.3, 0.4) is 0 Å². The van der Waals surface area contributed by atoms with Crippen LogP contribution < -0.4 is 10.1 Å². The van der Waals surface area contributed by atoms with Gasteiger partial charge in [0.2, 0.25) is 0 Å². The van der Waals surface area contributed by atoms with E-state index in [9.17, 15) is 14.4 Å². The zero-order valence-electron chi connectivity index (χ0n) is 14.7. The molecule has 4 nitrogen and oxygen atoms in total. The highest BCUT2D eigenvalue weighted by Gasteiger charge is 2.13. The van der Waals surface area contributed by atoms with Crippen LogP contribution in [-0.4, -0.2) is 12.5 Å². The molecule has 7 heteroatoms. The minimum Gasteiger partial charge on any atom is -0.490 e. The molecule has 0 bridgehead atoms. The summed E-state index contributed by atoms with van der Waals surface area (Å²) < 4.78 is 18.5. The number of hydrogen-bond donors (Lipinski definition) is 1. The highest BCUT2D eigenvalue weighted by Crippen LogP contribution is 2.35. The first-order valence-corrected chi connectivity index (χ1v) is 8.86. The summed E-state index contributed by atoms with van der Waals surface area (Å²) in [6.07, 6.45) is 1.36. The number of halogens is 3. The van der Waals surface area contributed by atoms with Crippen molar-refractivity contribution in [2.24, 2.45) is 5.92 Å². The van der Waals surface area contributed by atoms with Crippen molar-refractivity contribution in [1.29, 1.82) is 5.26 Å². The Labute approximate surface area is 167 Å². The molecular formula is C20H17Cl2FN2O2. The molecule has 0 aromatic heterocycles. The van der Waals surface area contributed by atoms with Crippen molar-refractivity contribution in [3.63, 3.8) is 0 Å². The first kappa shape index (κ1) is 20.8. The summed E-state index contributed by atoms with van der Waals surface area (Å²) in [7, 11) is 0. The van der Waals surface area contributed by atoms with E-state index < -0.39 is 11.7 Å². The number of nitrogens with one attached hydrogen (secondary N) is 1. The van der Waals surface area contributed by atoms with Gasteiger partial charge in [-0.05, 0) is 54.0 Å². The van der Waals surface area contributed by atoms with Crippen LogP contribution in [0.15, 0.2) is 42.0 Å². The summed E-state index contributed by atoms with van der Waals surface area (Å²) >= 11 is 12.4. The van der Waals surface area contributed by atoms with E-state index in [1.54, 1.807) is 12.1 Å². The molecule has 0 saturated carbocycles. The SMILES string of the molecule is CC(C)COc1c(Cl)cc(/C=C(\C#N)C(=O)Nc2ccc(F)cc2)cc1Cl. The second-order valence-corrected chi connectivity index (χ2v) is 6.96. The number of carbonyl (C=O) groups is 1. The number of nitriles is 1. The van der Waals surface area contributed by atoms with Gasteiger partial charge in [0, 0.05) is 5.69 Å². The lowest BCUT2D eigenvalue weighted by atomic mass is 10.1. The average molecular weight is 407 g/mol. The Morgan fingerprint density at radius 1 is 1.26 bits per heavy atom. The summed E-state index contributed by atoms with van der Waals surface area (Å²) in [4.78, 5) is 12.3. The van der Waals surface area contributed by atoms with Crippen molar-refractivity contribution in [2.45, 2.75) is 13.8 Å². The molecule has 2 aromatic rings. The van der Waals surface area contributed by atoms with Crippen molar-refractivity contribution >= 4 is 40.9 Å². The molecule has 1 N–H and O–H groups in total. The van der Waals surface area contributed by atoms with Gasteiger partial charge in [0.1, 0.15) is 17.5 Å². The molecule has 0 aliphatic heterocycles. The molecule has 0 unspecified atom stereocenters. The maximum absolute atomic E-state index is 12.9. The zero-order chi connectivity index (χ0) is 20.0. The van der Waals surface area contributed by atoms with E-state index in [2.05, 4.69) is 5.32 Å². The van der Waals surface area contributed by atoms with Crippen LogP contribution in [0.25, 0.3) is 6.08 Å². The van der Waals surface area contributed by atoms with E-state index >= 15 is 0 Å². The third kappa shape index (κ3) is 5.99. The van der Waals surface area contributed by atoms with Crippen LogP contribution in [0, 0.1) is 23.1 Å². The van der Waals surface area contributed by atoms with Crippen molar-refractivity contribution in [1.82, 2.24) is 0 Å². The molecule has 0 saturated heterocycles. The van der Waals surface area contributed by atoms with Gasteiger partial charge in [-0.2, -0.15) is 5.26 Å². The number of rotatable bonds is 6. The van der Waals surface area contributed by atoms with Gasteiger partial charge >= 0.3 is 0 Å². The lowest BCUT2D eigenvalue weighted by Gasteiger charge is -2.12. The van der Waals surface area contributed by atoms with Crippen molar-refractivity contribution in [3.05, 3.63) is 63.4 Å². The van der Waals surface area contributed by atoms with E-state index in [1.165, 1.54) is 30.3 Å². The van der Waals surface area contributed by atoms with Gasteiger partial charge in [-0.15, -0.1) is 0 Å². The lowest BCUT2D eigenvalue weighted by Crippen LogP contribution is -2.13. The maximum Gasteiger partial charge on any atom is 0.266 e. The number of nitrogens with zero attached hydrogens (tertiary/aromatic N) is 1. The summed E-state index contributed by atoms with van der Waals surface area (Å²) in [5.74, 6) is -0.389. The molecule has 0 heterocycles. The summed E-state index contributed by atoms with van der Waals surface area (Å²) in [5, 5.41) is 12.4. The van der Waals surface area contributed by atoms with Crippen LogP contribution in [0.5, 0.6) is 5.75 Å². The quantitative estimate of drug-likeness (QED) is 0.493. The van der Waals surface area contributed by atoms with Crippen LogP contribution in [0.1, 0.15) is 19.4 Å². The number of amides is 1. The first-order valence-electron chi connectivity index (χ1n) is 8.10. The fourth-order valence-corrected chi connectivity index (χ4v) is 2.71. The molecule has 2 aromatic carbocycles. The Hall–Kier alpha value is -2.55. The normalized spacial score (nSPS) is 11.2. The average Bonchev–Trinajstić information content (AvgIpc) is 2.60. The second kappa shape index (κ2) is 9.40. The molecule has 0 aliphatic carbocycles. The third-order valence-corrected chi connectivity index (χ3v) is 3.92. The number of ether oxygens (including phenoxy) is 1. The molecule has 140 valence electrons. The van der Waals surface area contributed by atoms with Gasteiger partial charge < -0.3 is 10.1 Å². The molecule has 0 aliphatic rings. The Balaban J connectivity index is 2.22. The summed E-state index contributed by atoms with van der Waals surface area (Å²) in [5.41, 5.74) is 0.700. The van der Waals surface area contributed by atoms with Crippen LogP contribution in [0.4, 0.5) is 10.1 Å². The molecule has 1 amide bonds. The minimum atomic E-state index is -0.628. The smallest absolute Gasteiger partial charge is 0.266 e. The standard InChI is InChI=1S/C20H17Cl2FN2O2/c1-12(2)11-27-19-17(21)8-13(9-18(19)22)7-14(10-24)20(26)25-16-5-3-15(23)4-6-16/h3-9,12H,11H2,1-2H3,(H,25,26)/b14-7+. The van der Waals surface area contributed by atoms with E-state index in [0.29, 0.717) is 29.5 Å². The van der Waals surface area contributed by atoms with E-state index in [0.717, 1.165) is 0 Å². The predicted molar refractivity (Wildman–Crippen MR) is 105 cm³/mol. The second-order valence-electron chi connectivity index (χ2n) is 6.15. The van der Waals surface area contributed by atoms with Crippen LogP contribution in [-0.2, 0) is 4.79 Å². The van der Waals surface area contributed by atoms with E-state index in [4.69, 9.17) is 27.9 Å². The van der Waals surface area contributed by atoms with Gasteiger partial charge in [0.25, 0.3) is 5.91 Å². The largest absolute Gasteiger partial charge is 0.490 e. The van der Waals surface area contributed by atoms with Gasteiger partial charge in [0.05, 0.1) is 16.7 Å². The molecule has 0 radical (unpaired) electrons. The Morgan fingerprint density at radius 3 is 2.37 bits per heavy atom. The Kier molecular flexibility index (Phi) is 7.23. The molecule has 27 heavy (non-hydrogen) atoms.